The topological polar surface area (TPSA) is 101 Å². The normalized spacial score (nSPS) is 18.8. The average Bonchev–Trinajstić information content (AvgIpc) is 3.21. The standard InChI is InChI=1S/C32H38N2O5S/c1-31(2)24-14-11-12-15-27(24)34(21-13-7-10-18-30(35)36)29(31)17-9-6-8-16-28-32(3,4)25-22-23(40(37,38)39)19-20-26(25)33(28)5/h6,8-9,11-12,14-17,19-20,22H,7,10,13,18,21H2,1-5H3,(H-,35,36,37,38,39). The van der Waals surface area contributed by atoms with Crippen molar-refractivity contribution in [2.75, 3.05) is 18.5 Å². The molecule has 7 nitrogen and oxygen atoms in total. The fourth-order valence-electron chi connectivity index (χ4n) is 5.93. The Morgan fingerprint density at radius 2 is 1.70 bits per heavy atom. The Morgan fingerprint density at radius 3 is 2.40 bits per heavy atom. The van der Waals surface area contributed by atoms with Gasteiger partial charge in [0.2, 0.25) is 5.69 Å². The number of rotatable bonds is 10. The van der Waals surface area contributed by atoms with Gasteiger partial charge in [-0.05, 0) is 56.5 Å². The summed E-state index contributed by atoms with van der Waals surface area (Å²) in [5.41, 5.74) is 5.71. The molecule has 40 heavy (non-hydrogen) atoms. The molecule has 0 radical (unpaired) electrons. The number of para-hydroxylation sites is 1. The van der Waals surface area contributed by atoms with Gasteiger partial charge in [-0.3, -0.25) is 4.79 Å². The van der Waals surface area contributed by atoms with E-state index in [9.17, 15) is 17.8 Å². The van der Waals surface area contributed by atoms with Crippen molar-refractivity contribution in [2.24, 2.45) is 0 Å². The first-order valence-electron chi connectivity index (χ1n) is 13.6. The second-order valence-corrected chi connectivity index (χ2v) is 12.9. The highest BCUT2D eigenvalue weighted by atomic mass is 32.2. The van der Waals surface area contributed by atoms with E-state index >= 15 is 0 Å². The number of carboxylic acids is 1. The largest absolute Gasteiger partial charge is 0.744 e. The highest BCUT2D eigenvalue weighted by Gasteiger charge is 2.43. The molecule has 0 amide bonds. The predicted octanol–water partition coefficient (Wildman–Crippen LogP) is 6.04. The molecule has 2 aliphatic heterocycles. The number of unbranched alkanes of at least 4 members (excludes halogenated alkanes) is 2. The van der Waals surface area contributed by atoms with Crippen LogP contribution in [0.3, 0.4) is 0 Å². The molecule has 0 saturated carbocycles. The molecule has 0 aliphatic carbocycles. The molecule has 0 unspecified atom stereocenters. The van der Waals surface area contributed by atoms with Crippen molar-refractivity contribution in [1.29, 1.82) is 0 Å². The molecule has 2 aromatic rings. The first-order chi connectivity index (χ1) is 18.8. The molecular weight excluding hydrogens is 524 g/mol. The van der Waals surface area contributed by atoms with E-state index in [4.69, 9.17) is 5.11 Å². The summed E-state index contributed by atoms with van der Waals surface area (Å²) >= 11 is 0. The van der Waals surface area contributed by atoms with E-state index in [0.29, 0.717) is 6.42 Å². The molecule has 212 valence electrons. The fourth-order valence-corrected chi connectivity index (χ4v) is 6.43. The zero-order valence-corrected chi connectivity index (χ0v) is 24.7. The molecule has 1 N–H and O–H groups in total. The maximum absolute atomic E-state index is 11.6. The van der Waals surface area contributed by atoms with Crippen LogP contribution in [0.4, 0.5) is 11.4 Å². The Labute approximate surface area is 237 Å². The Balaban J connectivity index is 1.54. The van der Waals surface area contributed by atoms with Gasteiger partial charge in [0.1, 0.15) is 17.2 Å². The predicted molar refractivity (Wildman–Crippen MR) is 158 cm³/mol. The first-order valence-corrected chi connectivity index (χ1v) is 15.0. The molecule has 0 atom stereocenters. The number of aliphatic carboxylic acids is 1. The molecule has 0 bridgehead atoms. The number of benzene rings is 2. The molecular formula is C32H38N2O5S. The summed E-state index contributed by atoms with van der Waals surface area (Å²) in [5.74, 6) is -0.749. The summed E-state index contributed by atoms with van der Waals surface area (Å²) in [6.45, 7) is 9.32. The molecule has 2 heterocycles. The van der Waals surface area contributed by atoms with Gasteiger partial charge in [0.15, 0.2) is 5.71 Å². The fraction of sp³-hybridized carbons (Fsp3) is 0.375. The maximum Gasteiger partial charge on any atom is 0.303 e. The summed E-state index contributed by atoms with van der Waals surface area (Å²) in [6.07, 6.45) is 12.8. The van der Waals surface area contributed by atoms with Gasteiger partial charge >= 0.3 is 5.97 Å². The lowest BCUT2D eigenvalue weighted by atomic mass is 9.81. The number of carboxylic acid groups (broad SMARTS) is 1. The summed E-state index contributed by atoms with van der Waals surface area (Å²) in [7, 11) is -2.59. The Bertz CT molecular complexity index is 1540. The van der Waals surface area contributed by atoms with Crippen LogP contribution in [0.25, 0.3) is 0 Å². The minimum atomic E-state index is -4.53. The van der Waals surface area contributed by atoms with Gasteiger partial charge in [0.25, 0.3) is 0 Å². The zero-order chi connectivity index (χ0) is 29.3. The van der Waals surface area contributed by atoms with E-state index in [1.807, 2.05) is 49.8 Å². The summed E-state index contributed by atoms with van der Waals surface area (Å²) in [4.78, 5) is 13.0. The number of carbonyl (C=O) groups is 1. The molecule has 0 spiro atoms. The quantitative estimate of drug-likeness (QED) is 0.164. The van der Waals surface area contributed by atoms with Crippen molar-refractivity contribution in [2.45, 2.75) is 69.1 Å². The van der Waals surface area contributed by atoms with E-state index in [0.717, 1.165) is 36.3 Å². The van der Waals surface area contributed by atoms with Crippen molar-refractivity contribution in [1.82, 2.24) is 0 Å². The summed E-state index contributed by atoms with van der Waals surface area (Å²) in [5, 5.41) is 8.93. The van der Waals surface area contributed by atoms with Crippen LogP contribution < -0.4 is 4.90 Å². The highest BCUT2D eigenvalue weighted by Crippen LogP contribution is 2.47. The lowest BCUT2D eigenvalue weighted by Gasteiger charge is -2.27. The van der Waals surface area contributed by atoms with E-state index in [1.165, 1.54) is 29.1 Å². The van der Waals surface area contributed by atoms with E-state index in [-0.39, 0.29) is 16.7 Å². The zero-order valence-electron chi connectivity index (χ0n) is 23.8. The maximum atomic E-state index is 11.6. The number of allylic oxidation sites excluding steroid dienone is 6. The van der Waals surface area contributed by atoms with Crippen LogP contribution in [-0.4, -0.2) is 47.9 Å². The SMILES string of the molecule is C[N+]1=C(/C=C/C=C/C=C2N(CCCCCC(=O)O)c3ccccc3C2(C)C)C(C)(C)c2cc(S(=O)(=O)[O-])ccc21. The number of fused-ring (bicyclic) bond motifs is 2. The van der Waals surface area contributed by atoms with Crippen LogP contribution in [0.15, 0.2) is 83.4 Å². The van der Waals surface area contributed by atoms with Gasteiger partial charge in [0, 0.05) is 47.5 Å². The van der Waals surface area contributed by atoms with Crippen molar-refractivity contribution in [3.05, 3.63) is 89.7 Å². The third-order valence-electron chi connectivity index (χ3n) is 8.10. The summed E-state index contributed by atoms with van der Waals surface area (Å²) in [6, 6.07) is 13.0. The lowest BCUT2D eigenvalue weighted by Crippen LogP contribution is -2.27. The molecule has 8 heteroatoms. The Kier molecular flexibility index (Phi) is 8.24. The van der Waals surface area contributed by atoms with Crippen molar-refractivity contribution >= 4 is 33.2 Å². The van der Waals surface area contributed by atoms with E-state index in [1.54, 1.807) is 6.07 Å². The van der Waals surface area contributed by atoms with E-state index < -0.39 is 21.5 Å². The number of anilines is 1. The van der Waals surface area contributed by atoms with Gasteiger partial charge in [-0.25, -0.2) is 8.42 Å². The Morgan fingerprint density at radius 1 is 0.975 bits per heavy atom. The van der Waals surface area contributed by atoms with Crippen LogP contribution in [0, 0.1) is 0 Å². The van der Waals surface area contributed by atoms with E-state index in [2.05, 4.69) is 49.1 Å². The molecule has 2 aliphatic rings. The molecule has 0 saturated heterocycles. The van der Waals surface area contributed by atoms with Crippen LogP contribution in [-0.2, 0) is 25.7 Å². The van der Waals surface area contributed by atoms with Gasteiger partial charge < -0.3 is 14.6 Å². The minimum Gasteiger partial charge on any atom is -0.744 e. The van der Waals surface area contributed by atoms with Gasteiger partial charge in [0.05, 0.1) is 10.3 Å². The highest BCUT2D eigenvalue weighted by molar-refractivity contribution is 7.85. The van der Waals surface area contributed by atoms with Crippen LogP contribution in [0.5, 0.6) is 0 Å². The first kappa shape index (κ1) is 29.5. The van der Waals surface area contributed by atoms with Crippen LogP contribution >= 0.6 is 0 Å². The minimum absolute atomic E-state index is 0.171. The van der Waals surface area contributed by atoms with Crippen molar-refractivity contribution in [3.8, 4) is 0 Å². The third kappa shape index (κ3) is 5.69. The molecule has 2 aromatic carbocycles. The van der Waals surface area contributed by atoms with Crippen LogP contribution in [0.2, 0.25) is 0 Å². The monoisotopic (exact) mass is 562 g/mol. The van der Waals surface area contributed by atoms with Crippen molar-refractivity contribution in [3.63, 3.8) is 0 Å². The molecule has 4 rings (SSSR count). The number of hydrogen-bond acceptors (Lipinski definition) is 5. The van der Waals surface area contributed by atoms with Gasteiger partial charge in [-0.2, -0.15) is 4.58 Å². The summed E-state index contributed by atoms with van der Waals surface area (Å²) < 4.78 is 36.8. The molecule has 0 aromatic heterocycles. The lowest BCUT2D eigenvalue weighted by molar-refractivity contribution is -0.401. The number of nitrogens with zero attached hydrogens (tertiary/aromatic N) is 2. The average molecular weight is 563 g/mol. The number of hydrogen-bond donors (Lipinski definition) is 1. The second kappa shape index (κ2) is 11.2. The Hall–Kier alpha value is -3.49. The van der Waals surface area contributed by atoms with Gasteiger partial charge in [-0.1, -0.05) is 56.7 Å². The van der Waals surface area contributed by atoms with Crippen molar-refractivity contribution < 1.29 is 27.4 Å². The third-order valence-corrected chi connectivity index (χ3v) is 8.93. The van der Waals surface area contributed by atoms with Gasteiger partial charge in [-0.15, -0.1) is 0 Å². The smallest absolute Gasteiger partial charge is 0.303 e. The second-order valence-electron chi connectivity index (χ2n) is 11.5. The van der Waals surface area contributed by atoms with Crippen LogP contribution in [0.1, 0.15) is 64.5 Å². The molecule has 0 fully saturated rings.